The Labute approximate surface area is 93.8 Å². The summed E-state index contributed by atoms with van der Waals surface area (Å²) in [5.74, 6) is 0. The second-order valence-electron chi connectivity index (χ2n) is 4.12. The van der Waals surface area contributed by atoms with E-state index in [0.29, 0.717) is 0 Å². The van der Waals surface area contributed by atoms with Crippen LogP contribution in [0.3, 0.4) is 0 Å². The van der Waals surface area contributed by atoms with Gasteiger partial charge in [0.2, 0.25) is 0 Å². The molecule has 1 aromatic heterocycles. The second-order valence-corrected chi connectivity index (χ2v) is 5.15. The third kappa shape index (κ3) is 2.25. The van der Waals surface area contributed by atoms with Gasteiger partial charge in [0.15, 0.2) is 0 Å². The third-order valence-electron chi connectivity index (χ3n) is 2.12. The summed E-state index contributed by atoms with van der Waals surface area (Å²) in [6, 6.07) is 10.2. The number of nitrogens with zero attached hydrogens (tertiary/aromatic N) is 1. The first-order valence-electron chi connectivity index (χ1n) is 4.88. The number of aromatic nitrogens is 1. The van der Waals surface area contributed by atoms with E-state index in [9.17, 15) is 0 Å². The lowest BCUT2D eigenvalue weighted by Crippen LogP contribution is -2.28. The van der Waals surface area contributed by atoms with Crippen molar-refractivity contribution in [3.05, 3.63) is 41.5 Å². The molecule has 2 aromatic rings. The Morgan fingerprint density at radius 2 is 1.87 bits per heavy atom. The van der Waals surface area contributed by atoms with Gasteiger partial charge in [-0.2, -0.15) is 0 Å². The molecule has 0 saturated carbocycles. The molecule has 2 N–H and O–H groups in total. The fraction of sp³-hybridized carbons (Fsp3) is 0.250. The Morgan fingerprint density at radius 3 is 2.40 bits per heavy atom. The van der Waals surface area contributed by atoms with Crippen molar-refractivity contribution in [1.29, 1.82) is 0 Å². The molecular weight excluding hydrogens is 204 g/mol. The SMILES string of the molecule is CC(C)(N)c1ncc(-c2ccccc2)s1. The Kier molecular flexibility index (Phi) is 2.59. The van der Waals surface area contributed by atoms with Gasteiger partial charge in [0.05, 0.1) is 10.4 Å². The van der Waals surface area contributed by atoms with Gasteiger partial charge in [0.1, 0.15) is 5.01 Å². The van der Waals surface area contributed by atoms with Gasteiger partial charge in [0.25, 0.3) is 0 Å². The molecule has 0 saturated heterocycles. The number of thiazole rings is 1. The van der Waals surface area contributed by atoms with Crippen LogP contribution < -0.4 is 5.73 Å². The molecule has 0 radical (unpaired) electrons. The van der Waals surface area contributed by atoms with E-state index in [4.69, 9.17) is 5.73 Å². The van der Waals surface area contributed by atoms with Gasteiger partial charge < -0.3 is 5.73 Å². The molecule has 3 heteroatoms. The monoisotopic (exact) mass is 218 g/mol. The summed E-state index contributed by atoms with van der Waals surface area (Å²) in [5.41, 5.74) is 6.85. The van der Waals surface area contributed by atoms with Crippen molar-refractivity contribution in [2.24, 2.45) is 5.73 Å². The minimum Gasteiger partial charge on any atom is -0.320 e. The highest BCUT2D eigenvalue weighted by molar-refractivity contribution is 7.15. The van der Waals surface area contributed by atoms with Crippen molar-refractivity contribution < 1.29 is 0 Å². The normalized spacial score (nSPS) is 11.7. The van der Waals surface area contributed by atoms with Gasteiger partial charge in [0, 0.05) is 6.20 Å². The number of hydrogen-bond donors (Lipinski definition) is 1. The first kappa shape index (κ1) is 10.3. The van der Waals surface area contributed by atoms with Gasteiger partial charge in [-0.05, 0) is 19.4 Å². The Balaban J connectivity index is 2.37. The first-order valence-corrected chi connectivity index (χ1v) is 5.69. The van der Waals surface area contributed by atoms with Crippen LogP contribution in [0.2, 0.25) is 0 Å². The summed E-state index contributed by atoms with van der Waals surface area (Å²) < 4.78 is 0. The van der Waals surface area contributed by atoms with E-state index >= 15 is 0 Å². The maximum atomic E-state index is 6.00. The van der Waals surface area contributed by atoms with E-state index < -0.39 is 0 Å². The molecule has 0 bridgehead atoms. The minimum atomic E-state index is -0.350. The molecule has 2 rings (SSSR count). The summed E-state index contributed by atoms with van der Waals surface area (Å²) >= 11 is 1.66. The Hall–Kier alpha value is -1.19. The summed E-state index contributed by atoms with van der Waals surface area (Å²) in [6.07, 6.45) is 1.89. The topological polar surface area (TPSA) is 38.9 Å². The lowest BCUT2D eigenvalue weighted by Gasteiger charge is -2.13. The van der Waals surface area contributed by atoms with Gasteiger partial charge in [-0.25, -0.2) is 4.98 Å². The average Bonchev–Trinajstić information content (AvgIpc) is 2.67. The fourth-order valence-electron chi connectivity index (χ4n) is 1.31. The number of benzene rings is 1. The van der Waals surface area contributed by atoms with Crippen molar-refractivity contribution in [2.45, 2.75) is 19.4 Å². The molecule has 15 heavy (non-hydrogen) atoms. The highest BCUT2D eigenvalue weighted by Gasteiger charge is 2.18. The lowest BCUT2D eigenvalue weighted by atomic mass is 10.1. The molecule has 0 aliphatic carbocycles. The quantitative estimate of drug-likeness (QED) is 0.841. The zero-order valence-electron chi connectivity index (χ0n) is 8.90. The maximum Gasteiger partial charge on any atom is 0.112 e. The number of rotatable bonds is 2. The molecule has 1 heterocycles. The molecule has 0 amide bonds. The molecular formula is C12H14N2S. The van der Waals surface area contributed by atoms with Crippen molar-refractivity contribution in [3.63, 3.8) is 0 Å². The summed E-state index contributed by atoms with van der Waals surface area (Å²) in [7, 11) is 0. The van der Waals surface area contributed by atoms with E-state index in [2.05, 4.69) is 17.1 Å². The van der Waals surface area contributed by atoms with Crippen molar-refractivity contribution in [1.82, 2.24) is 4.98 Å². The highest BCUT2D eigenvalue weighted by atomic mass is 32.1. The molecule has 1 aromatic carbocycles. The molecule has 0 unspecified atom stereocenters. The van der Waals surface area contributed by atoms with Crippen LogP contribution in [0.15, 0.2) is 36.5 Å². The molecule has 2 nitrogen and oxygen atoms in total. The van der Waals surface area contributed by atoms with Crippen LogP contribution in [0.1, 0.15) is 18.9 Å². The predicted octanol–water partition coefficient (Wildman–Crippen LogP) is 3.00. The minimum absolute atomic E-state index is 0.350. The van der Waals surface area contributed by atoms with Crippen LogP contribution in [0, 0.1) is 0 Å². The molecule has 0 aliphatic heterocycles. The van der Waals surface area contributed by atoms with Gasteiger partial charge in [-0.1, -0.05) is 30.3 Å². The van der Waals surface area contributed by atoms with E-state index in [1.807, 2.05) is 38.2 Å². The lowest BCUT2D eigenvalue weighted by molar-refractivity contribution is 0.550. The van der Waals surface area contributed by atoms with Crippen molar-refractivity contribution >= 4 is 11.3 Å². The van der Waals surface area contributed by atoms with Crippen molar-refractivity contribution in [2.75, 3.05) is 0 Å². The van der Waals surface area contributed by atoms with Gasteiger partial charge >= 0.3 is 0 Å². The Morgan fingerprint density at radius 1 is 1.20 bits per heavy atom. The average molecular weight is 218 g/mol. The van der Waals surface area contributed by atoms with Crippen LogP contribution in [0.5, 0.6) is 0 Å². The standard InChI is InChI=1S/C12H14N2S/c1-12(2,13)11-14-8-10(15-11)9-6-4-3-5-7-9/h3-8H,13H2,1-2H3. The van der Waals surface area contributed by atoms with E-state index in [-0.39, 0.29) is 5.54 Å². The predicted molar refractivity (Wildman–Crippen MR) is 64.8 cm³/mol. The van der Waals surface area contributed by atoms with Gasteiger partial charge in [-0.15, -0.1) is 11.3 Å². The van der Waals surface area contributed by atoms with Crippen LogP contribution >= 0.6 is 11.3 Å². The third-order valence-corrected chi connectivity index (χ3v) is 3.50. The first-order chi connectivity index (χ1) is 7.07. The molecule has 78 valence electrons. The van der Waals surface area contributed by atoms with E-state index in [0.717, 1.165) is 5.01 Å². The van der Waals surface area contributed by atoms with Crippen LogP contribution in [-0.2, 0) is 5.54 Å². The van der Waals surface area contributed by atoms with E-state index in [1.165, 1.54) is 10.4 Å². The Bertz CT molecular complexity index is 440. The number of hydrogen-bond acceptors (Lipinski definition) is 3. The summed E-state index contributed by atoms with van der Waals surface area (Å²) in [4.78, 5) is 5.53. The molecule has 0 spiro atoms. The fourth-order valence-corrected chi connectivity index (χ4v) is 2.24. The smallest absolute Gasteiger partial charge is 0.112 e. The zero-order chi connectivity index (χ0) is 10.9. The van der Waals surface area contributed by atoms with Crippen LogP contribution in [0.25, 0.3) is 10.4 Å². The highest BCUT2D eigenvalue weighted by Crippen LogP contribution is 2.30. The molecule has 0 atom stereocenters. The zero-order valence-corrected chi connectivity index (χ0v) is 9.71. The molecule has 0 aliphatic rings. The summed E-state index contributed by atoms with van der Waals surface area (Å²) in [5, 5.41) is 0.973. The maximum absolute atomic E-state index is 6.00. The van der Waals surface area contributed by atoms with Crippen LogP contribution in [0.4, 0.5) is 0 Å². The van der Waals surface area contributed by atoms with Crippen LogP contribution in [-0.4, -0.2) is 4.98 Å². The molecule has 0 fully saturated rings. The second kappa shape index (κ2) is 3.76. The van der Waals surface area contributed by atoms with Crippen molar-refractivity contribution in [3.8, 4) is 10.4 Å². The number of nitrogens with two attached hydrogens (primary N) is 1. The van der Waals surface area contributed by atoms with Gasteiger partial charge in [-0.3, -0.25) is 0 Å². The largest absolute Gasteiger partial charge is 0.320 e. The van der Waals surface area contributed by atoms with E-state index in [1.54, 1.807) is 11.3 Å². The summed E-state index contributed by atoms with van der Waals surface area (Å²) in [6.45, 7) is 3.95.